The van der Waals surface area contributed by atoms with E-state index in [4.69, 9.17) is 4.74 Å². The normalized spacial score (nSPS) is 54.0. The second kappa shape index (κ2) is 7.14. The lowest BCUT2D eigenvalue weighted by Crippen LogP contribution is -2.69. The monoisotopic (exact) mass is 478 g/mol. The topological polar surface area (TPSA) is 127 Å². The van der Waals surface area contributed by atoms with Gasteiger partial charge in [0.25, 0.3) is 0 Å². The van der Waals surface area contributed by atoms with Crippen LogP contribution < -0.4 is 0 Å². The SMILES string of the molecule is CC1(C)CCC([C@](C)(O)[C@H]2CC[C@@]3(O)C4=CC(=O)[C@]5(O)C[C@@H](O)[C@@H](O)C[C@]5(C)[C@H]4CC[C@]23C)O1. The summed E-state index contributed by atoms with van der Waals surface area (Å²) in [7, 11) is 0. The predicted octanol–water partition coefficient (Wildman–Crippen LogP) is 2.01. The molecule has 4 fully saturated rings. The average molecular weight is 479 g/mol. The maximum Gasteiger partial charge on any atom is 0.187 e. The molecule has 1 heterocycles. The van der Waals surface area contributed by atoms with Crippen LogP contribution in [0.15, 0.2) is 11.6 Å². The fraction of sp³-hybridized carbons (Fsp3) is 0.889. The Morgan fingerprint density at radius 3 is 2.18 bits per heavy atom. The Kier molecular flexibility index (Phi) is 5.22. The Hall–Kier alpha value is -0.830. The second-order valence-corrected chi connectivity index (χ2v) is 13.4. The maximum absolute atomic E-state index is 13.4. The van der Waals surface area contributed by atoms with E-state index in [0.29, 0.717) is 31.3 Å². The van der Waals surface area contributed by atoms with Crippen LogP contribution in [0.1, 0.15) is 86.0 Å². The number of ether oxygens (including phenoxy) is 1. The van der Waals surface area contributed by atoms with Gasteiger partial charge in [0.2, 0.25) is 0 Å². The molecule has 0 aromatic carbocycles. The highest BCUT2D eigenvalue weighted by molar-refractivity contribution is 6.00. The van der Waals surface area contributed by atoms with Crippen molar-refractivity contribution >= 4 is 5.78 Å². The zero-order valence-corrected chi connectivity index (χ0v) is 21.2. The zero-order chi connectivity index (χ0) is 25.1. The summed E-state index contributed by atoms with van der Waals surface area (Å²) < 4.78 is 6.24. The van der Waals surface area contributed by atoms with Crippen LogP contribution >= 0.6 is 0 Å². The van der Waals surface area contributed by atoms with Gasteiger partial charge in [-0.2, -0.15) is 0 Å². The summed E-state index contributed by atoms with van der Waals surface area (Å²) in [4.78, 5) is 13.4. The second-order valence-electron chi connectivity index (χ2n) is 13.4. The van der Waals surface area contributed by atoms with Gasteiger partial charge in [0.1, 0.15) is 5.60 Å². The maximum atomic E-state index is 13.4. The first-order chi connectivity index (χ1) is 15.5. The third-order valence-corrected chi connectivity index (χ3v) is 11.1. The number of aliphatic hydroxyl groups excluding tert-OH is 2. The molecule has 7 heteroatoms. The van der Waals surface area contributed by atoms with E-state index in [2.05, 4.69) is 0 Å². The third-order valence-electron chi connectivity index (χ3n) is 11.1. The third kappa shape index (κ3) is 2.94. The number of aliphatic hydroxyl groups is 5. The lowest BCUT2D eigenvalue weighted by atomic mass is 9.44. The van der Waals surface area contributed by atoms with E-state index in [1.807, 2.05) is 34.6 Å². The van der Waals surface area contributed by atoms with Crippen LogP contribution in [0.3, 0.4) is 0 Å². The fourth-order valence-electron chi connectivity index (χ4n) is 8.91. The molecule has 7 nitrogen and oxygen atoms in total. The zero-order valence-electron chi connectivity index (χ0n) is 21.2. The molecule has 1 saturated heterocycles. The van der Waals surface area contributed by atoms with Crippen molar-refractivity contribution < 1.29 is 35.1 Å². The van der Waals surface area contributed by atoms with E-state index in [1.54, 1.807) is 0 Å². The van der Waals surface area contributed by atoms with Gasteiger partial charge in [-0.25, -0.2) is 0 Å². The highest BCUT2D eigenvalue weighted by Crippen LogP contribution is 2.69. The number of hydrogen-bond donors (Lipinski definition) is 5. The van der Waals surface area contributed by atoms with Crippen molar-refractivity contribution in [3.8, 4) is 0 Å². The van der Waals surface area contributed by atoms with Crippen molar-refractivity contribution in [2.45, 2.75) is 127 Å². The molecule has 0 aromatic heterocycles. The number of hydrogen-bond acceptors (Lipinski definition) is 7. The average Bonchev–Trinajstić information content (AvgIpc) is 3.23. The minimum absolute atomic E-state index is 0.0946. The molecule has 5 rings (SSSR count). The Bertz CT molecular complexity index is 926. The van der Waals surface area contributed by atoms with Crippen molar-refractivity contribution in [1.82, 2.24) is 0 Å². The molecular weight excluding hydrogens is 436 g/mol. The molecule has 5 aliphatic rings. The van der Waals surface area contributed by atoms with Crippen LogP contribution in [0.2, 0.25) is 0 Å². The van der Waals surface area contributed by atoms with Gasteiger partial charge in [0.05, 0.1) is 35.1 Å². The molecule has 3 saturated carbocycles. The van der Waals surface area contributed by atoms with E-state index in [1.165, 1.54) is 6.08 Å². The Morgan fingerprint density at radius 1 is 0.912 bits per heavy atom. The molecule has 34 heavy (non-hydrogen) atoms. The number of carbonyl (C=O) groups is 1. The summed E-state index contributed by atoms with van der Waals surface area (Å²) in [6, 6.07) is 0. The van der Waals surface area contributed by atoms with Gasteiger partial charge in [-0.05, 0) is 89.2 Å². The molecule has 0 amide bonds. The largest absolute Gasteiger partial charge is 0.390 e. The van der Waals surface area contributed by atoms with E-state index >= 15 is 0 Å². The minimum Gasteiger partial charge on any atom is -0.390 e. The van der Waals surface area contributed by atoms with E-state index < -0.39 is 45.6 Å². The number of rotatable bonds is 2. The molecule has 10 atom stereocenters. The predicted molar refractivity (Wildman–Crippen MR) is 125 cm³/mol. The molecule has 0 radical (unpaired) electrons. The van der Waals surface area contributed by atoms with Gasteiger partial charge in [-0.15, -0.1) is 0 Å². The van der Waals surface area contributed by atoms with Gasteiger partial charge in [-0.1, -0.05) is 13.8 Å². The first-order valence-electron chi connectivity index (χ1n) is 13.0. The summed E-state index contributed by atoms with van der Waals surface area (Å²) in [6.45, 7) is 9.77. The molecule has 0 bridgehead atoms. The lowest BCUT2D eigenvalue weighted by Gasteiger charge is -2.62. The van der Waals surface area contributed by atoms with Crippen molar-refractivity contribution in [1.29, 1.82) is 0 Å². The van der Waals surface area contributed by atoms with Crippen LogP contribution in [-0.2, 0) is 9.53 Å². The van der Waals surface area contributed by atoms with Crippen LogP contribution in [0.25, 0.3) is 0 Å². The van der Waals surface area contributed by atoms with Gasteiger partial charge in [0, 0.05) is 17.3 Å². The number of fused-ring (bicyclic) bond motifs is 5. The first kappa shape index (κ1) is 24.8. The molecular formula is C27H42O7. The van der Waals surface area contributed by atoms with Crippen molar-refractivity contribution in [3.63, 3.8) is 0 Å². The summed E-state index contributed by atoms with van der Waals surface area (Å²) >= 11 is 0. The molecule has 5 N–H and O–H groups in total. The summed E-state index contributed by atoms with van der Waals surface area (Å²) in [5.41, 5.74) is -5.48. The Labute approximate surface area is 202 Å². The van der Waals surface area contributed by atoms with Gasteiger partial charge >= 0.3 is 0 Å². The molecule has 4 aliphatic carbocycles. The van der Waals surface area contributed by atoms with E-state index in [-0.39, 0.29) is 36.4 Å². The summed E-state index contributed by atoms with van der Waals surface area (Å²) in [6.07, 6.45) is 2.75. The quantitative estimate of drug-likeness (QED) is 0.411. The molecule has 1 aliphatic heterocycles. The van der Waals surface area contributed by atoms with Gasteiger partial charge in [0.15, 0.2) is 5.78 Å². The van der Waals surface area contributed by atoms with Crippen molar-refractivity contribution in [2.75, 3.05) is 0 Å². The smallest absolute Gasteiger partial charge is 0.187 e. The minimum atomic E-state index is -1.77. The highest BCUT2D eigenvalue weighted by Gasteiger charge is 2.72. The van der Waals surface area contributed by atoms with Crippen molar-refractivity contribution in [2.24, 2.45) is 22.7 Å². The molecule has 192 valence electrons. The van der Waals surface area contributed by atoms with Crippen LogP contribution in [0.5, 0.6) is 0 Å². The number of carbonyl (C=O) groups excluding carboxylic acids is 1. The Balaban J connectivity index is 1.53. The van der Waals surface area contributed by atoms with E-state index in [9.17, 15) is 30.3 Å². The Morgan fingerprint density at radius 2 is 1.56 bits per heavy atom. The summed E-state index contributed by atoms with van der Waals surface area (Å²) in [5.74, 6) is -1.00. The first-order valence-corrected chi connectivity index (χ1v) is 13.0. The van der Waals surface area contributed by atoms with E-state index in [0.717, 1.165) is 12.8 Å². The van der Waals surface area contributed by atoms with Crippen molar-refractivity contribution in [3.05, 3.63) is 11.6 Å². The van der Waals surface area contributed by atoms with Crippen LogP contribution in [-0.4, -0.2) is 72.0 Å². The van der Waals surface area contributed by atoms with Crippen LogP contribution in [0.4, 0.5) is 0 Å². The standard InChI is InChI=1S/C27H42O7/c1-22(2)9-8-21(34-22)25(5,31)19-7-11-26(32)16-12-20(30)27(33)14-18(29)17(28)13-24(27,4)15(16)6-10-23(19,26)3/h12,15,17-19,21,28-29,31-33H,6-11,13-14H2,1-5H3/t15-,17-,18+,19-,21?,23+,24+,25+,26+,27+/m0/s1. The van der Waals surface area contributed by atoms with Gasteiger partial charge in [-0.3, -0.25) is 4.79 Å². The highest BCUT2D eigenvalue weighted by atomic mass is 16.5. The van der Waals surface area contributed by atoms with Crippen LogP contribution in [0, 0.1) is 22.7 Å². The number of ketones is 1. The van der Waals surface area contributed by atoms with Gasteiger partial charge < -0.3 is 30.3 Å². The lowest BCUT2D eigenvalue weighted by molar-refractivity contribution is -0.213. The molecule has 0 spiro atoms. The fourth-order valence-corrected chi connectivity index (χ4v) is 8.91. The molecule has 0 aromatic rings. The molecule has 1 unspecified atom stereocenters. The summed E-state index contributed by atoms with van der Waals surface area (Å²) in [5, 5.41) is 56.4.